The van der Waals surface area contributed by atoms with E-state index in [1.54, 1.807) is 21.3 Å². The highest BCUT2D eigenvalue weighted by Gasteiger charge is 2.39. The molecule has 0 spiro atoms. The van der Waals surface area contributed by atoms with E-state index < -0.39 is 0 Å². The molecule has 18 heavy (non-hydrogen) atoms. The second kappa shape index (κ2) is 5.16. The molecule has 2 rings (SSSR count). The van der Waals surface area contributed by atoms with Gasteiger partial charge in [0.15, 0.2) is 0 Å². The van der Waals surface area contributed by atoms with E-state index in [0.717, 1.165) is 41.9 Å². The van der Waals surface area contributed by atoms with E-state index in [9.17, 15) is 0 Å². The van der Waals surface area contributed by atoms with Crippen LogP contribution in [0, 0.1) is 0 Å². The summed E-state index contributed by atoms with van der Waals surface area (Å²) >= 11 is 0. The molecule has 4 nitrogen and oxygen atoms in total. The van der Waals surface area contributed by atoms with Crippen LogP contribution in [0.25, 0.3) is 0 Å². The lowest BCUT2D eigenvalue weighted by molar-refractivity contribution is 0.184. The molecule has 0 aromatic heterocycles. The maximum Gasteiger partial charge on any atom is 0.126 e. The van der Waals surface area contributed by atoms with Crippen molar-refractivity contribution >= 4 is 0 Å². The summed E-state index contributed by atoms with van der Waals surface area (Å²) in [4.78, 5) is 0. The zero-order valence-electron chi connectivity index (χ0n) is 11.3. The molecule has 4 heteroatoms. The highest BCUT2D eigenvalue weighted by molar-refractivity contribution is 5.49. The lowest BCUT2D eigenvalue weighted by atomic mass is 10.0. The zero-order valence-corrected chi connectivity index (χ0v) is 11.3. The molecule has 0 heterocycles. The summed E-state index contributed by atoms with van der Waals surface area (Å²) in [5.41, 5.74) is 8.21. The van der Waals surface area contributed by atoms with Crippen LogP contribution in [-0.4, -0.2) is 26.9 Å². The molecule has 1 fully saturated rings. The van der Waals surface area contributed by atoms with E-state index in [0.29, 0.717) is 6.61 Å². The molecular formula is C14H21NO3. The largest absolute Gasteiger partial charge is 0.496 e. The first kappa shape index (κ1) is 13.2. The van der Waals surface area contributed by atoms with Gasteiger partial charge in [0, 0.05) is 18.2 Å². The van der Waals surface area contributed by atoms with Crippen LogP contribution in [0.1, 0.15) is 24.0 Å². The summed E-state index contributed by atoms with van der Waals surface area (Å²) in [7, 11) is 5.02. The normalized spacial score (nSPS) is 16.4. The summed E-state index contributed by atoms with van der Waals surface area (Å²) in [6.45, 7) is 0.542. The third-order valence-corrected chi connectivity index (χ3v) is 3.40. The van der Waals surface area contributed by atoms with Crippen molar-refractivity contribution in [1.29, 1.82) is 0 Å². The minimum atomic E-state index is -0.0661. The molecule has 1 aromatic carbocycles. The summed E-state index contributed by atoms with van der Waals surface area (Å²) in [6.07, 6.45) is 2.94. The number of ether oxygens (including phenoxy) is 3. The van der Waals surface area contributed by atoms with Crippen LogP contribution in [0.15, 0.2) is 12.1 Å². The molecule has 1 saturated carbocycles. The Hall–Kier alpha value is -1.26. The molecule has 0 bridgehead atoms. The average molecular weight is 251 g/mol. The Balaban J connectivity index is 2.35. The fraction of sp³-hybridized carbons (Fsp3) is 0.571. The minimum absolute atomic E-state index is 0.0661. The van der Waals surface area contributed by atoms with Crippen LogP contribution in [0.3, 0.4) is 0 Å². The summed E-state index contributed by atoms with van der Waals surface area (Å²) < 4.78 is 16.1. The van der Waals surface area contributed by atoms with Crippen LogP contribution in [0.4, 0.5) is 0 Å². The topological polar surface area (TPSA) is 53.7 Å². The summed E-state index contributed by atoms with van der Waals surface area (Å²) in [5, 5.41) is 0. The predicted octanol–water partition coefficient (Wildman–Crippen LogP) is 1.88. The Morgan fingerprint density at radius 3 is 2.06 bits per heavy atom. The van der Waals surface area contributed by atoms with Crippen molar-refractivity contribution in [2.24, 2.45) is 5.73 Å². The molecular weight excluding hydrogens is 230 g/mol. The van der Waals surface area contributed by atoms with Crippen LogP contribution < -0.4 is 15.2 Å². The van der Waals surface area contributed by atoms with E-state index in [-0.39, 0.29) is 5.54 Å². The maximum atomic E-state index is 6.19. The quantitative estimate of drug-likeness (QED) is 0.838. The maximum absolute atomic E-state index is 6.19. The number of nitrogens with two attached hydrogens (primary N) is 1. The SMILES string of the molecule is COCc1cc(OC)c(CC2(N)CC2)c(OC)c1. The van der Waals surface area contributed by atoms with Gasteiger partial charge < -0.3 is 19.9 Å². The second-order valence-electron chi connectivity index (χ2n) is 4.95. The molecule has 0 aliphatic heterocycles. The Morgan fingerprint density at radius 2 is 1.67 bits per heavy atom. The molecule has 0 unspecified atom stereocenters. The van der Waals surface area contributed by atoms with Crippen LogP contribution in [-0.2, 0) is 17.8 Å². The fourth-order valence-corrected chi connectivity index (χ4v) is 2.15. The number of benzene rings is 1. The van der Waals surface area contributed by atoms with Gasteiger partial charge in [-0.2, -0.15) is 0 Å². The van der Waals surface area contributed by atoms with Gasteiger partial charge >= 0.3 is 0 Å². The lowest BCUT2D eigenvalue weighted by Crippen LogP contribution is -2.25. The Kier molecular flexibility index (Phi) is 3.78. The number of methoxy groups -OCH3 is 3. The van der Waals surface area contributed by atoms with Gasteiger partial charge in [0.2, 0.25) is 0 Å². The molecule has 0 atom stereocenters. The average Bonchev–Trinajstić information content (AvgIpc) is 3.08. The monoisotopic (exact) mass is 251 g/mol. The Bertz CT molecular complexity index is 402. The van der Waals surface area contributed by atoms with Gasteiger partial charge in [0.05, 0.1) is 20.8 Å². The lowest BCUT2D eigenvalue weighted by Gasteiger charge is -2.17. The van der Waals surface area contributed by atoms with Gasteiger partial charge in [-0.1, -0.05) is 0 Å². The zero-order chi connectivity index (χ0) is 13.2. The second-order valence-corrected chi connectivity index (χ2v) is 4.95. The van der Waals surface area contributed by atoms with Gasteiger partial charge in [-0.05, 0) is 37.0 Å². The van der Waals surface area contributed by atoms with Gasteiger partial charge in [-0.3, -0.25) is 0 Å². The van der Waals surface area contributed by atoms with Gasteiger partial charge in [0.25, 0.3) is 0 Å². The van der Waals surface area contributed by atoms with Crippen molar-refractivity contribution in [3.63, 3.8) is 0 Å². The molecule has 100 valence electrons. The minimum Gasteiger partial charge on any atom is -0.496 e. The van der Waals surface area contributed by atoms with Crippen molar-refractivity contribution in [2.75, 3.05) is 21.3 Å². The molecule has 0 saturated heterocycles. The van der Waals surface area contributed by atoms with E-state index >= 15 is 0 Å². The van der Waals surface area contributed by atoms with Crippen LogP contribution in [0.2, 0.25) is 0 Å². The number of hydrogen-bond acceptors (Lipinski definition) is 4. The highest BCUT2D eigenvalue weighted by atomic mass is 16.5. The first-order valence-corrected chi connectivity index (χ1v) is 6.13. The first-order valence-electron chi connectivity index (χ1n) is 6.13. The molecule has 1 aliphatic carbocycles. The van der Waals surface area contributed by atoms with Crippen molar-refractivity contribution < 1.29 is 14.2 Å². The number of rotatable bonds is 6. The smallest absolute Gasteiger partial charge is 0.126 e. The van der Waals surface area contributed by atoms with Gasteiger partial charge in [-0.15, -0.1) is 0 Å². The molecule has 2 N–H and O–H groups in total. The van der Waals surface area contributed by atoms with E-state index in [2.05, 4.69) is 0 Å². The Morgan fingerprint density at radius 1 is 1.11 bits per heavy atom. The van der Waals surface area contributed by atoms with Gasteiger partial charge in [-0.25, -0.2) is 0 Å². The Labute approximate surface area is 108 Å². The molecule has 1 aromatic rings. The van der Waals surface area contributed by atoms with Crippen molar-refractivity contribution in [3.8, 4) is 11.5 Å². The molecule has 0 amide bonds. The third kappa shape index (κ3) is 2.76. The van der Waals surface area contributed by atoms with Crippen LogP contribution >= 0.6 is 0 Å². The fourth-order valence-electron chi connectivity index (χ4n) is 2.15. The standard InChI is InChI=1S/C14H21NO3/c1-16-9-10-6-12(17-2)11(13(7-10)18-3)8-14(15)4-5-14/h6-7H,4-5,8-9,15H2,1-3H3. The molecule has 0 radical (unpaired) electrons. The van der Waals surface area contributed by atoms with Crippen molar-refractivity contribution in [2.45, 2.75) is 31.4 Å². The van der Waals surface area contributed by atoms with E-state index in [1.165, 1.54) is 0 Å². The summed E-state index contributed by atoms with van der Waals surface area (Å²) in [5.74, 6) is 1.66. The third-order valence-electron chi connectivity index (χ3n) is 3.40. The summed E-state index contributed by atoms with van der Waals surface area (Å²) in [6, 6.07) is 3.99. The van der Waals surface area contributed by atoms with Crippen molar-refractivity contribution in [3.05, 3.63) is 23.3 Å². The van der Waals surface area contributed by atoms with E-state index in [4.69, 9.17) is 19.9 Å². The highest BCUT2D eigenvalue weighted by Crippen LogP contribution is 2.41. The first-order chi connectivity index (χ1) is 8.61. The van der Waals surface area contributed by atoms with Crippen LogP contribution in [0.5, 0.6) is 11.5 Å². The number of hydrogen-bond donors (Lipinski definition) is 1. The predicted molar refractivity (Wildman–Crippen MR) is 70.1 cm³/mol. The van der Waals surface area contributed by atoms with Crippen molar-refractivity contribution in [1.82, 2.24) is 0 Å². The van der Waals surface area contributed by atoms with Gasteiger partial charge in [0.1, 0.15) is 11.5 Å². The van der Waals surface area contributed by atoms with E-state index in [1.807, 2.05) is 12.1 Å². The molecule has 1 aliphatic rings.